The smallest absolute Gasteiger partial charge is 0.259 e. The van der Waals surface area contributed by atoms with Gasteiger partial charge in [0, 0.05) is 12.6 Å². The van der Waals surface area contributed by atoms with E-state index in [2.05, 4.69) is 9.71 Å². The third-order valence-electron chi connectivity index (χ3n) is 6.37. The lowest BCUT2D eigenvalue weighted by Gasteiger charge is -2.35. The van der Waals surface area contributed by atoms with Gasteiger partial charge in [-0.3, -0.25) is 4.98 Å². The maximum absolute atomic E-state index is 14.6. The molecule has 0 saturated heterocycles. The van der Waals surface area contributed by atoms with Crippen LogP contribution in [-0.4, -0.2) is 13.4 Å². The summed E-state index contributed by atoms with van der Waals surface area (Å²) in [6, 6.07) is 20.2. The maximum atomic E-state index is 14.6. The minimum atomic E-state index is -4.66. The number of hydrogen-bond donors (Lipinski definition) is 1. The number of rotatable bonds is 8. The van der Waals surface area contributed by atoms with Crippen LogP contribution < -0.4 is 4.72 Å². The second-order valence-electron chi connectivity index (χ2n) is 9.08. The van der Waals surface area contributed by atoms with E-state index in [4.69, 9.17) is 0 Å². The highest BCUT2D eigenvalue weighted by Gasteiger charge is 2.42. The van der Waals surface area contributed by atoms with E-state index in [0.717, 1.165) is 23.8 Å². The molecule has 0 aliphatic carbocycles. The van der Waals surface area contributed by atoms with E-state index in [0.29, 0.717) is 17.5 Å². The highest BCUT2D eigenvalue weighted by Crippen LogP contribution is 2.38. The van der Waals surface area contributed by atoms with Crippen molar-refractivity contribution < 1.29 is 26.0 Å². The Morgan fingerprint density at radius 1 is 0.868 bits per heavy atom. The molecule has 0 saturated carbocycles. The molecule has 4 rings (SSSR count). The Hall–Kier alpha value is -3.56. The van der Waals surface area contributed by atoms with Gasteiger partial charge in [-0.1, -0.05) is 61.5 Å². The Kier molecular flexibility index (Phi) is 7.71. The number of halogens is 4. The number of hydrogen-bond acceptors (Lipinski definition) is 3. The molecule has 1 heterocycles. The first-order valence-electron chi connectivity index (χ1n) is 11.9. The van der Waals surface area contributed by atoms with Crippen LogP contribution in [0.2, 0.25) is 0 Å². The first-order chi connectivity index (χ1) is 17.9. The highest BCUT2D eigenvalue weighted by molar-refractivity contribution is 7.89. The van der Waals surface area contributed by atoms with Gasteiger partial charge in [-0.2, -0.15) is 17.9 Å². The minimum absolute atomic E-state index is 0.0433. The van der Waals surface area contributed by atoms with Crippen molar-refractivity contribution in [2.24, 2.45) is 0 Å². The number of benzene rings is 3. The zero-order chi connectivity index (χ0) is 27.6. The monoisotopic (exact) mass is 542 g/mol. The van der Waals surface area contributed by atoms with Crippen molar-refractivity contribution in [3.05, 3.63) is 130 Å². The average Bonchev–Trinajstić information content (AvgIpc) is 2.88. The van der Waals surface area contributed by atoms with Gasteiger partial charge in [0.2, 0.25) is 10.0 Å². The summed E-state index contributed by atoms with van der Waals surface area (Å²) in [7, 11) is -4.45. The highest BCUT2D eigenvalue weighted by atomic mass is 32.2. The number of aromatic nitrogens is 1. The van der Waals surface area contributed by atoms with Crippen LogP contribution in [0.15, 0.2) is 96.0 Å². The molecule has 1 N–H and O–H groups in total. The van der Waals surface area contributed by atoms with Crippen molar-refractivity contribution in [3.63, 3.8) is 0 Å². The average molecular weight is 543 g/mol. The first-order valence-corrected chi connectivity index (χ1v) is 13.4. The lowest BCUT2D eigenvalue weighted by molar-refractivity contribution is -0.137. The van der Waals surface area contributed by atoms with Crippen molar-refractivity contribution in [2.75, 3.05) is 0 Å². The van der Waals surface area contributed by atoms with Crippen molar-refractivity contribution in [1.29, 1.82) is 0 Å². The number of nitrogens with one attached hydrogen (secondary N) is 1. The van der Waals surface area contributed by atoms with Crippen molar-refractivity contribution >= 4 is 10.0 Å². The van der Waals surface area contributed by atoms with Gasteiger partial charge in [-0.25, -0.2) is 12.8 Å². The number of aryl methyl sites for hydroxylation is 2. The standard InChI is InChI=1S/C29H26F4N2O2S/c1-3-22-13-14-25(17-26(22)30)38(36,37)35-28(18-21-8-5-4-6-9-21,27-15-12-20(2)19-34-27)23-10-7-11-24(16-23)29(31,32)33/h4-17,19,35H,3,18H2,1-2H3. The summed E-state index contributed by atoms with van der Waals surface area (Å²) in [6.07, 6.45) is -2.82. The number of pyridine rings is 1. The number of nitrogens with zero attached hydrogens (tertiary/aromatic N) is 1. The van der Waals surface area contributed by atoms with Gasteiger partial charge < -0.3 is 0 Å². The Bertz CT molecular complexity index is 1520. The van der Waals surface area contributed by atoms with Crippen LogP contribution in [0.3, 0.4) is 0 Å². The molecular weight excluding hydrogens is 516 g/mol. The van der Waals surface area contributed by atoms with Crippen LogP contribution in [0, 0.1) is 12.7 Å². The van der Waals surface area contributed by atoms with Crippen molar-refractivity contribution in [1.82, 2.24) is 9.71 Å². The van der Waals surface area contributed by atoms with Gasteiger partial charge in [0.25, 0.3) is 0 Å². The van der Waals surface area contributed by atoms with E-state index in [1.807, 2.05) is 0 Å². The van der Waals surface area contributed by atoms with Crippen LogP contribution in [0.4, 0.5) is 17.6 Å². The summed E-state index contributed by atoms with van der Waals surface area (Å²) < 4.78 is 86.0. The topological polar surface area (TPSA) is 59.1 Å². The van der Waals surface area contributed by atoms with Gasteiger partial charge in [0.1, 0.15) is 11.4 Å². The second-order valence-corrected chi connectivity index (χ2v) is 10.8. The Balaban J connectivity index is 1.99. The van der Waals surface area contributed by atoms with E-state index < -0.39 is 33.1 Å². The fourth-order valence-electron chi connectivity index (χ4n) is 4.34. The second kappa shape index (κ2) is 10.7. The van der Waals surface area contributed by atoms with Gasteiger partial charge in [-0.15, -0.1) is 0 Å². The summed E-state index contributed by atoms with van der Waals surface area (Å²) in [5.41, 5.74) is -0.666. The molecule has 4 nitrogen and oxygen atoms in total. The molecule has 3 aromatic carbocycles. The molecule has 1 aromatic heterocycles. The molecule has 0 spiro atoms. The fourth-order valence-corrected chi connectivity index (χ4v) is 5.72. The van der Waals surface area contributed by atoms with Crippen molar-refractivity contribution in [2.45, 2.75) is 43.3 Å². The quantitative estimate of drug-likeness (QED) is 0.256. The van der Waals surface area contributed by atoms with Crippen LogP contribution in [0.5, 0.6) is 0 Å². The lowest BCUT2D eigenvalue weighted by atomic mass is 9.81. The van der Waals surface area contributed by atoms with E-state index in [1.165, 1.54) is 30.5 Å². The number of alkyl halides is 3. The minimum Gasteiger partial charge on any atom is -0.259 e. The summed E-state index contributed by atoms with van der Waals surface area (Å²) in [5.74, 6) is -0.684. The summed E-state index contributed by atoms with van der Waals surface area (Å²) in [6.45, 7) is 3.54. The molecule has 1 atom stereocenters. The maximum Gasteiger partial charge on any atom is 0.416 e. The third kappa shape index (κ3) is 5.79. The van der Waals surface area contributed by atoms with E-state index in [-0.39, 0.29) is 22.6 Å². The van der Waals surface area contributed by atoms with Crippen LogP contribution in [-0.2, 0) is 34.6 Å². The van der Waals surface area contributed by atoms with Gasteiger partial charge in [0.05, 0.1) is 16.2 Å². The van der Waals surface area contributed by atoms with E-state index >= 15 is 0 Å². The predicted octanol–water partition coefficient (Wildman–Crippen LogP) is 6.58. The molecular formula is C29H26F4N2O2S. The Labute approximate surface area is 219 Å². The Morgan fingerprint density at radius 2 is 1.58 bits per heavy atom. The molecule has 4 aromatic rings. The summed E-state index contributed by atoms with van der Waals surface area (Å²) in [5, 5.41) is 0. The number of sulfonamides is 1. The van der Waals surface area contributed by atoms with Crippen LogP contribution in [0.25, 0.3) is 0 Å². The van der Waals surface area contributed by atoms with Crippen LogP contribution in [0.1, 0.15) is 40.4 Å². The third-order valence-corrected chi connectivity index (χ3v) is 7.86. The summed E-state index contributed by atoms with van der Waals surface area (Å²) >= 11 is 0. The summed E-state index contributed by atoms with van der Waals surface area (Å²) in [4.78, 5) is 4.11. The molecule has 0 amide bonds. The molecule has 38 heavy (non-hydrogen) atoms. The normalized spacial score (nSPS) is 13.7. The van der Waals surface area contributed by atoms with Gasteiger partial charge in [-0.05, 0) is 65.9 Å². The van der Waals surface area contributed by atoms with E-state index in [1.54, 1.807) is 56.3 Å². The van der Waals surface area contributed by atoms with Gasteiger partial charge in [0.15, 0.2) is 0 Å². The first kappa shape index (κ1) is 27.5. The molecule has 0 radical (unpaired) electrons. The Morgan fingerprint density at radius 3 is 2.18 bits per heavy atom. The van der Waals surface area contributed by atoms with Crippen molar-refractivity contribution in [3.8, 4) is 0 Å². The molecule has 198 valence electrons. The molecule has 1 unspecified atom stereocenters. The largest absolute Gasteiger partial charge is 0.416 e. The molecule has 0 fully saturated rings. The lowest BCUT2D eigenvalue weighted by Crippen LogP contribution is -2.49. The molecule has 0 bridgehead atoms. The zero-order valence-corrected chi connectivity index (χ0v) is 21.6. The predicted molar refractivity (Wildman–Crippen MR) is 137 cm³/mol. The van der Waals surface area contributed by atoms with E-state index in [9.17, 15) is 26.0 Å². The molecule has 0 aliphatic heterocycles. The molecule has 9 heteroatoms. The molecule has 0 aliphatic rings. The zero-order valence-electron chi connectivity index (χ0n) is 20.8. The van der Waals surface area contributed by atoms with Crippen LogP contribution >= 0.6 is 0 Å². The fraction of sp³-hybridized carbons (Fsp3) is 0.207. The SMILES string of the molecule is CCc1ccc(S(=O)(=O)NC(Cc2ccccc2)(c2cccc(C(F)(F)F)c2)c2ccc(C)cn2)cc1F. The van der Waals surface area contributed by atoms with Gasteiger partial charge >= 0.3 is 6.18 Å².